The summed E-state index contributed by atoms with van der Waals surface area (Å²) in [6.07, 6.45) is 2.60. The molecule has 17 heavy (non-hydrogen) atoms. The summed E-state index contributed by atoms with van der Waals surface area (Å²) < 4.78 is 5.47. The zero-order chi connectivity index (χ0) is 12.1. The van der Waals surface area contributed by atoms with E-state index in [9.17, 15) is 0 Å². The van der Waals surface area contributed by atoms with E-state index in [1.54, 1.807) is 18.3 Å². The van der Waals surface area contributed by atoms with Crippen LogP contribution in [0.3, 0.4) is 0 Å². The van der Waals surface area contributed by atoms with Crippen LogP contribution in [0.2, 0.25) is 0 Å². The molecule has 0 radical (unpaired) electrons. The fourth-order valence-electron chi connectivity index (χ4n) is 1.43. The Morgan fingerprint density at radius 3 is 2.71 bits per heavy atom. The third-order valence-corrected chi connectivity index (χ3v) is 2.41. The number of oxazole rings is 1. The van der Waals surface area contributed by atoms with Crippen molar-refractivity contribution in [3.8, 4) is 6.07 Å². The highest BCUT2D eigenvalue weighted by atomic mass is 16.4. The van der Waals surface area contributed by atoms with E-state index in [4.69, 9.17) is 9.68 Å². The van der Waals surface area contributed by atoms with Crippen molar-refractivity contribution in [3.63, 3.8) is 0 Å². The Morgan fingerprint density at radius 1 is 1.35 bits per heavy atom. The molecule has 0 amide bonds. The molecule has 0 bridgehead atoms. The normalized spacial score (nSPS) is 9.88. The van der Waals surface area contributed by atoms with E-state index in [-0.39, 0.29) is 0 Å². The highest BCUT2D eigenvalue weighted by Crippen LogP contribution is 2.11. The van der Waals surface area contributed by atoms with Crippen molar-refractivity contribution in [1.82, 2.24) is 4.98 Å². The molecule has 0 saturated heterocycles. The Bertz CT molecular complexity index is 522. The average Bonchev–Trinajstić information content (AvgIpc) is 2.85. The van der Waals surface area contributed by atoms with Crippen LogP contribution in [0.1, 0.15) is 24.1 Å². The lowest BCUT2D eigenvalue weighted by Crippen LogP contribution is -1.99. The van der Waals surface area contributed by atoms with E-state index in [0.29, 0.717) is 18.0 Å². The summed E-state index contributed by atoms with van der Waals surface area (Å²) in [4.78, 5) is 4.15. The van der Waals surface area contributed by atoms with Crippen LogP contribution in [0.15, 0.2) is 34.9 Å². The van der Waals surface area contributed by atoms with Crippen molar-refractivity contribution in [2.75, 3.05) is 5.32 Å². The van der Waals surface area contributed by atoms with Crippen molar-refractivity contribution < 1.29 is 4.42 Å². The molecule has 4 heteroatoms. The van der Waals surface area contributed by atoms with Crippen molar-refractivity contribution in [1.29, 1.82) is 5.26 Å². The molecule has 1 heterocycles. The molecule has 86 valence electrons. The lowest BCUT2D eigenvalue weighted by molar-refractivity contribution is 0.466. The van der Waals surface area contributed by atoms with Gasteiger partial charge in [-0.25, -0.2) is 4.98 Å². The molecule has 4 nitrogen and oxygen atoms in total. The van der Waals surface area contributed by atoms with Crippen molar-refractivity contribution in [2.45, 2.75) is 19.9 Å². The molecule has 2 rings (SSSR count). The van der Waals surface area contributed by atoms with Crippen LogP contribution in [0, 0.1) is 11.3 Å². The van der Waals surface area contributed by atoms with Gasteiger partial charge in [-0.2, -0.15) is 5.26 Å². The number of aromatic nitrogens is 1. The monoisotopic (exact) mass is 227 g/mol. The topological polar surface area (TPSA) is 61.9 Å². The van der Waals surface area contributed by atoms with Crippen LogP contribution in [0.25, 0.3) is 0 Å². The van der Waals surface area contributed by atoms with Gasteiger partial charge in [0.15, 0.2) is 0 Å². The summed E-state index contributed by atoms with van der Waals surface area (Å²) in [5.41, 5.74) is 1.60. The first-order valence-corrected chi connectivity index (χ1v) is 5.49. The standard InChI is InChI=1S/C13H13N3O/c1-2-12-8-16-13(17-12)9-15-11-5-3-10(7-14)4-6-11/h3-6,8,15H,2,9H2,1H3. The minimum absolute atomic E-state index is 0.548. The number of nitrogens with one attached hydrogen (secondary N) is 1. The first-order chi connectivity index (χ1) is 8.31. The highest BCUT2D eigenvalue weighted by Gasteiger charge is 2.01. The van der Waals surface area contributed by atoms with Gasteiger partial charge in [0.1, 0.15) is 5.76 Å². The lowest BCUT2D eigenvalue weighted by Gasteiger charge is -2.03. The van der Waals surface area contributed by atoms with Gasteiger partial charge in [-0.15, -0.1) is 0 Å². The molecule has 1 N–H and O–H groups in total. The molecular formula is C13H13N3O. The molecule has 0 aliphatic rings. The molecular weight excluding hydrogens is 214 g/mol. The number of anilines is 1. The maximum atomic E-state index is 8.67. The van der Waals surface area contributed by atoms with Gasteiger partial charge in [-0.3, -0.25) is 0 Å². The molecule has 0 atom stereocenters. The van der Waals surface area contributed by atoms with Crippen LogP contribution in [-0.4, -0.2) is 4.98 Å². The summed E-state index contributed by atoms with van der Waals surface area (Å²) in [6.45, 7) is 2.57. The van der Waals surface area contributed by atoms with Crippen LogP contribution >= 0.6 is 0 Å². The Hall–Kier alpha value is -2.28. The molecule has 1 aromatic heterocycles. The van der Waals surface area contributed by atoms with Crippen molar-refractivity contribution in [3.05, 3.63) is 47.7 Å². The summed E-state index contributed by atoms with van der Waals surface area (Å²) in [5.74, 6) is 1.56. The first kappa shape index (κ1) is 11.2. The van der Waals surface area contributed by atoms with Crippen LogP contribution in [0.5, 0.6) is 0 Å². The number of rotatable bonds is 4. The fourth-order valence-corrected chi connectivity index (χ4v) is 1.43. The third-order valence-electron chi connectivity index (χ3n) is 2.41. The zero-order valence-electron chi connectivity index (χ0n) is 9.60. The van der Waals surface area contributed by atoms with Gasteiger partial charge in [0, 0.05) is 12.1 Å². The van der Waals surface area contributed by atoms with E-state index >= 15 is 0 Å². The lowest BCUT2D eigenvalue weighted by atomic mass is 10.2. The van der Waals surface area contributed by atoms with E-state index in [1.807, 2.05) is 19.1 Å². The molecule has 0 spiro atoms. The van der Waals surface area contributed by atoms with Gasteiger partial charge in [-0.05, 0) is 24.3 Å². The molecule has 0 saturated carbocycles. The van der Waals surface area contributed by atoms with Gasteiger partial charge < -0.3 is 9.73 Å². The minimum Gasteiger partial charge on any atom is -0.444 e. The second-order valence-electron chi connectivity index (χ2n) is 3.62. The zero-order valence-corrected chi connectivity index (χ0v) is 9.60. The molecule has 0 aliphatic carbocycles. The molecule has 1 aromatic carbocycles. The average molecular weight is 227 g/mol. The summed E-state index contributed by atoms with van der Waals surface area (Å²) in [7, 11) is 0. The Morgan fingerprint density at radius 2 is 2.12 bits per heavy atom. The second kappa shape index (κ2) is 5.17. The minimum atomic E-state index is 0.548. The number of nitriles is 1. The molecule has 0 unspecified atom stereocenters. The van der Waals surface area contributed by atoms with Gasteiger partial charge >= 0.3 is 0 Å². The number of hydrogen-bond donors (Lipinski definition) is 1. The van der Waals surface area contributed by atoms with E-state index in [1.165, 1.54) is 0 Å². The van der Waals surface area contributed by atoms with Gasteiger partial charge in [0.25, 0.3) is 0 Å². The van der Waals surface area contributed by atoms with Gasteiger partial charge in [0.05, 0.1) is 24.4 Å². The first-order valence-electron chi connectivity index (χ1n) is 5.49. The largest absolute Gasteiger partial charge is 0.444 e. The maximum absolute atomic E-state index is 8.67. The molecule has 0 aliphatic heterocycles. The molecule has 2 aromatic rings. The van der Waals surface area contributed by atoms with E-state index < -0.39 is 0 Å². The number of aryl methyl sites for hydroxylation is 1. The summed E-state index contributed by atoms with van der Waals surface area (Å²) >= 11 is 0. The Labute approximate surface area is 99.9 Å². The van der Waals surface area contributed by atoms with Crippen LogP contribution in [0.4, 0.5) is 5.69 Å². The third kappa shape index (κ3) is 2.85. The second-order valence-corrected chi connectivity index (χ2v) is 3.62. The van der Waals surface area contributed by atoms with Crippen molar-refractivity contribution >= 4 is 5.69 Å². The number of nitrogens with zero attached hydrogens (tertiary/aromatic N) is 2. The summed E-state index contributed by atoms with van der Waals surface area (Å²) in [5, 5.41) is 11.9. The Balaban J connectivity index is 1.95. The number of benzene rings is 1. The molecule has 0 fully saturated rings. The SMILES string of the molecule is CCc1cnc(CNc2ccc(C#N)cc2)o1. The fraction of sp³-hybridized carbons (Fsp3) is 0.231. The maximum Gasteiger partial charge on any atom is 0.213 e. The van der Waals surface area contributed by atoms with Crippen LogP contribution < -0.4 is 5.32 Å². The van der Waals surface area contributed by atoms with Crippen LogP contribution in [-0.2, 0) is 13.0 Å². The Kier molecular flexibility index (Phi) is 3.41. The highest BCUT2D eigenvalue weighted by molar-refractivity contribution is 5.47. The van der Waals surface area contributed by atoms with E-state index in [0.717, 1.165) is 17.9 Å². The van der Waals surface area contributed by atoms with E-state index in [2.05, 4.69) is 16.4 Å². The summed E-state index contributed by atoms with van der Waals surface area (Å²) in [6, 6.07) is 9.35. The predicted molar refractivity (Wildman–Crippen MR) is 64.4 cm³/mol. The number of hydrogen-bond acceptors (Lipinski definition) is 4. The predicted octanol–water partition coefficient (Wildman–Crippen LogP) is 2.72. The van der Waals surface area contributed by atoms with Crippen molar-refractivity contribution in [2.24, 2.45) is 0 Å². The van der Waals surface area contributed by atoms with Gasteiger partial charge in [-0.1, -0.05) is 6.92 Å². The van der Waals surface area contributed by atoms with Gasteiger partial charge in [0.2, 0.25) is 5.89 Å². The quantitative estimate of drug-likeness (QED) is 0.872. The smallest absolute Gasteiger partial charge is 0.213 e.